The summed E-state index contributed by atoms with van der Waals surface area (Å²) in [5, 5.41) is 9.29. The van der Waals surface area contributed by atoms with Crippen LogP contribution in [0.15, 0.2) is 23.1 Å². The van der Waals surface area contributed by atoms with E-state index in [4.69, 9.17) is 5.73 Å². The Morgan fingerprint density at radius 3 is 2.63 bits per heavy atom. The van der Waals surface area contributed by atoms with E-state index in [1.54, 1.807) is 0 Å². The molecule has 0 spiro atoms. The number of hydrogen-bond donors (Lipinski definition) is 3. The normalized spacial score (nSPS) is 16.8. The summed E-state index contributed by atoms with van der Waals surface area (Å²) < 4.78 is 26.6. The molecule has 0 amide bonds. The lowest BCUT2D eigenvalue weighted by molar-refractivity contribution is 0.477. The van der Waals surface area contributed by atoms with E-state index in [1.807, 2.05) is 0 Å². The number of phenols is 1. The molecule has 1 aromatic rings. The van der Waals surface area contributed by atoms with E-state index in [2.05, 4.69) is 4.72 Å². The fraction of sp³-hybridized carbons (Fsp3) is 0.538. The lowest BCUT2D eigenvalue weighted by Gasteiger charge is -2.11. The standard InChI is InChI=1S/C13H20N2O3S/c14-12-9-11(5-6-13(12)16)19(17,18)15-8-7-10-3-1-2-4-10/h5-6,9-10,15-16H,1-4,7-8,14H2. The van der Waals surface area contributed by atoms with E-state index >= 15 is 0 Å². The van der Waals surface area contributed by atoms with Gasteiger partial charge in [-0.05, 0) is 30.5 Å². The first-order valence-corrected chi connectivity index (χ1v) is 8.05. The van der Waals surface area contributed by atoms with Crippen LogP contribution in [0.25, 0.3) is 0 Å². The number of sulfonamides is 1. The fourth-order valence-electron chi connectivity index (χ4n) is 2.48. The topological polar surface area (TPSA) is 92.4 Å². The summed E-state index contributed by atoms with van der Waals surface area (Å²) in [4.78, 5) is 0.0919. The first-order valence-electron chi connectivity index (χ1n) is 6.57. The van der Waals surface area contributed by atoms with Crippen molar-refractivity contribution in [1.29, 1.82) is 0 Å². The molecule has 0 saturated heterocycles. The molecule has 1 aliphatic rings. The van der Waals surface area contributed by atoms with Crippen LogP contribution in [0.3, 0.4) is 0 Å². The number of nitrogens with two attached hydrogens (primary N) is 1. The molecule has 4 N–H and O–H groups in total. The molecule has 1 aromatic carbocycles. The van der Waals surface area contributed by atoms with Gasteiger partial charge in [0.05, 0.1) is 10.6 Å². The van der Waals surface area contributed by atoms with Crippen LogP contribution in [0.5, 0.6) is 5.75 Å². The van der Waals surface area contributed by atoms with Crippen molar-refractivity contribution in [2.45, 2.75) is 37.0 Å². The van der Waals surface area contributed by atoms with E-state index in [0.717, 1.165) is 6.42 Å². The van der Waals surface area contributed by atoms with Crippen molar-refractivity contribution in [3.63, 3.8) is 0 Å². The van der Waals surface area contributed by atoms with Crippen molar-refractivity contribution >= 4 is 15.7 Å². The van der Waals surface area contributed by atoms with Crippen LogP contribution in [0.2, 0.25) is 0 Å². The molecule has 106 valence electrons. The minimum absolute atomic E-state index is 0.0682. The maximum absolute atomic E-state index is 12.0. The Morgan fingerprint density at radius 1 is 1.32 bits per heavy atom. The number of aromatic hydroxyl groups is 1. The molecule has 5 nitrogen and oxygen atoms in total. The molecule has 0 unspecified atom stereocenters. The first kappa shape index (κ1) is 14.1. The molecule has 0 radical (unpaired) electrons. The van der Waals surface area contributed by atoms with Crippen molar-refractivity contribution in [3.05, 3.63) is 18.2 Å². The summed E-state index contributed by atoms with van der Waals surface area (Å²) >= 11 is 0. The van der Waals surface area contributed by atoms with E-state index in [-0.39, 0.29) is 16.3 Å². The third kappa shape index (κ3) is 3.61. The maximum Gasteiger partial charge on any atom is 0.240 e. The van der Waals surface area contributed by atoms with Gasteiger partial charge in [0.25, 0.3) is 0 Å². The quantitative estimate of drug-likeness (QED) is 0.568. The molecule has 19 heavy (non-hydrogen) atoms. The molecule has 1 aliphatic carbocycles. The molecule has 1 saturated carbocycles. The Kier molecular flexibility index (Phi) is 4.31. The first-order chi connectivity index (χ1) is 8.99. The van der Waals surface area contributed by atoms with E-state index in [1.165, 1.54) is 43.9 Å². The predicted molar refractivity (Wildman–Crippen MR) is 74.3 cm³/mol. The summed E-state index contributed by atoms with van der Waals surface area (Å²) in [6.45, 7) is 0.452. The van der Waals surface area contributed by atoms with Gasteiger partial charge < -0.3 is 10.8 Å². The van der Waals surface area contributed by atoms with Gasteiger partial charge in [-0.2, -0.15) is 0 Å². The van der Waals surface area contributed by atoms with Crippen molar-refractivity contribution in [3.8, 4) is 5.75 Å². The molecule has 0 bridgehead atoms. The maximum atomic E-state index is 12.0. The number of rotatable bonds is 5. The van der Waals surface area contributed by atoms with Crippen molar-refractivity contribution in [2.75, 3.05) is 12.3 Å². The zero-order valence-electron chi connectivity index (χ0n) is 10.8. The predicted octanol–water partition coefficient (Wildman–Crippen LogP) is 1.83. The van der Waals surface area contributed by atoms with Crippen LogP contribution in [-0.2, 0) is 10.0 Å². The van der Waals surface area contributed by atoms with E-state index < -0.39 is 10.0 Å². The van der Waals surface area contributed by atoms with Crippen LogP contribution in [0, 0.1) is 5.92 Å². The summed E-state index contributed by atoms with van der Waals surface area (Å²) in [5.74, 6) is 0.539. The monoisotopic (exact) mass is 284 g/mol. The summed E-state index contributed by atoms with van der Waals surface area (Å²) in [7, 11) is -3.53. The van der Waals surface area contributed by atoms with E-state index in [0.29, 0.717) is 12.5 Å². The van der Waals surface area contributed by atoms with Gasteiger partial charge in [0.1, 0.15) is 5.75 Å². The lowest BCUT2D eigenvalue weighted by atomic mass is 10.1. The van der Waals surface area contributed by atoms with Gasteiger partial charge >= 0.3 is 0 Å². The van der Waals surface area contributed by atoms with Crippen LogP contribution >= 0.6 is 0 Å². The zero-order valence-corrected chi connectivity index (χ0v) is 11.6. The number of phenolic OH excluding ortho intramolecular Hbond substituents is 1. The van der Waals surface area contributed by atoms with Crippen molar-refractivity contribution in [1.82, 2.24) is 4.72 Å². The minimum Gasteiger partial charge on any atom is -0.506 e. The third-order valence-corrected chi connectivity index (χ3v) is 5.09. The average molecular weight is 284 g/mol. The third-order valence-electron chi connectivity index (χ3n) is 3.63. The Morgan fingerprint density at radius 2 is 2.00 bits per heavy atom. The number of hydrogen-bond acceptors (Lipinski definition) is 4. The molecule has 2 rings (SSSR count). The molecule has 0 atom stereocenters. The number of anilines is 1. The average Bonchev–Trinajstić information content (AvgIpc) is 2.85. The van der Waals surface area contributed by atoms with Gasteiger partial charge in [0.15, 0.2) is 0 Å². The van der Waals surface area contributed by atoms with Gasteiger partial charge in [-0.25, -0.2) is 13.1 Å². The lowest BCUT2D eigenvalue weighted by Crippen LogP contribution is -2.26. The van der Waals surface area contributed by atoms with Gasteiger partial charge in [-0.3, -0.25) is 0 Å². The Bertz CT molecular complexity index is 537. The fourth-order valence-corrected chi connectivity index (χ4v) is 3.56. The Hall–Kier alpha value is -1.27. The highest BCUT2D eigenvalue weighted by molar-refractivity contribution is 7.89. The highest BCUT2D eigenvalue weighted by atomic mass is 32.2. The molecule has 0 aliphatic heterocycles. The second-order valence-electron chi connectivity index (χ2n) is 5.06. The van der Waals surface area contributed by atoms with Gasteiger partial charge in [-0.1, -0.05) is 25.7 Å². The summed E-state index contributed by atoms with van der Waals surface area (Å²) in [5.41, 5.74) is 5.57. The Labute approximate surface area is 113 Å². The van der Waals surface area contributed by atoms with Crippen LogP contribution in [-0.4, -0.2) is 20.1 Å². The highest BCUT2D eigenvalue weighted by Gasteiger charge is 2.18. The van der Waals surface area contributed by atoms with E-state index in [9.17, 15) is 13.5 Å². The van der Waals surface area contributed by atoms with Gasteiger partial charge in [0, 0.05) is 6.54 Å². The van der Waals surface area contributed by atoms with Gasteiger partial charge in [0.2, 0.25) is 10.0 Å². The van der Waals surface area contributed by atoms with Crippen molar-refractivity contribution in [2.24, 2.45) is 5.92 Å². The van der Waals surface area contributed by atoms with Gasteiger partial charge in [-0.15, -0.1) is 0 Å². The SMILES string of the molecule is Nc1cc(S(=O)(=O)NCCC2CCCC2)ccc1O. The second-order valence-corrected chi connectivity index (χ2v) is 6.82. The van der Waals surface area contributed by atoms with Crippen LogP contribution in [0.1, 0.15) is 32.1 Å². The van der Waals surface area contributed by atoms with Crippen molar-refractivity contribution < 1.29 is 13.5 Å². The molecular weight excluding hydrogens is 264 g/mol. The smallest absolute Gasteiger partial charge is 0.240 e. The Balaban J connectivity index is 1.95. The zero-order chi connectivity index (χ0) is 13.9. The number of nitrogens with one attached hydrogen (secondary N) is 1. The van der Waals surface area contributed by atoms with Crippen LogP contribution in [0.4, 0.5) is 5.69 Å². The number of nitrogen functional groups attached to an aromatic ring is 1. The molecule has 0 heterocycles. The highest BCUT2D eigenvalue weighted by Crippen LogP contribution is 2.27. The minimum atomic E-state index is -3.53. The van der Waals surface area contributed by atoms with Crippen LogP contribution < -0.4 is 10.5 Å². The molecular formula is C13H20N2O3S. The summed E-state index contributed by atoms with van der Waals surface area (Å²) in [6.07, 6.45) is 5.80. The number of benzene rings is 1. The largest absolute Gasteiger partial charge is 0.506 e. The molecule has 1 fully saturated rings. The molecule has 6 heteroatoms. The second kappa shape index (κ2) is 5.79. The molecule has 0 aromatic heterocycles. The summed E-state index contributed by atoms with van der Waals surface area (Å²) in [6, 6.07) is 3.91.